The molecule has 0 aromatic rings. The molecule has 0 aromatic carbocycles. The van der Waals surface area contributed by atoms with Crippen LogP contribution in [0.25, 0.3) is 0 Å². The predicted molar refractivity (Wildman–Crippen MR) is 16.3 cm³/mol. The molecule has 0 N–H and O–H groups in total. The monoisotopic (exact) mass is 168 g/mol. The van der Waals surface area contributed by atoms with Crippen molar-refractivity contribution in [3.8, 4) is 0 Å². The van der Waals surface area contributed by atoms with Crippen LogP contribution >= 0.6 is 0 Å². The van der Waals surface area contributed by atoms with Gasteiger partial charge in [-0.1, -0.05) is 0 Å². The number of alkyl halides is 1. The van der Waals surface area contributed by atoms with Crippen molar-refractivity contribution in [1.29, 1.82) is 0 Å². The third-order valence-corrected chi connectivity index (χ3v) is 0. The number of hydrogen-bond acceptors (Lipinski definition) is 0. The van der Waals surface area contributed by atoms with Crippen LogP contribution in [0.4, 0.5) is 4.39 Å². The first-order valence-electron chi connectivity index (χ1n) is 1.05. The summed E-state index contributed by atoms with van der Waals surface area (Å²) in [6, 6.07) is 0. The van der Waals surface area contributed by atoms with Crippen molar-refractivity contribution in [3.05, 3.63) is 0 Å². The molecule has 4 heavy (non-hydrogen) atoms. The van der Waals surface area contributed by atoms with Crippen LogP contribution < -0.4 is 0 Å². The maximum atomic E-state index is 11.0. The Hall–Kier alpha value is 0.748. The van der Waals surface area contributed by atoms with Gasteiger partial charge in [-0.15, -0.1) is 0 Å². The van der Waals surface area contributed by atoms with Gasteiger partial charge < -0.3 is 0 Å². The fourth-order valence-electron chi connectivity index (χ4n) is 0. The molecule has 0 spiro atoms. The fourth-order valence-corrected chi connectivity index (χ4v) is 0. The Morgan fingerprint density at radius 2 is 2.00 bits per heavy atom. The zero-order chi connectivity index (χ0) is 3.58. The first-order valence-corrected chi connectivity index (χ1v) is 2.53. The van der Waals surface area contributed by atoms with Gasteiger partial charge in [-0.05, 0) is 0 Å². The molecule has 0 aliphatic heterocycles. The quantitative estimate of drug-likeness (QED) is 0.462. The van der Waals surface area contributed by atoms with Crippen LogP contribution in [0.15, 0.2) is 0 Å². The summed E-state index contributed by atoms with van der Waals surface area (Å²) in [5.74, 6) is 0. The van der Waals surface area contributed by atoms with E-state index in [0.29, 0.717) is 0 Å². The van der Waals surface area contributed by atoms with E-state index < -0.39 is 4.12 Å². The van der Waals surface area contributed by atoms with Gasteiger partial charge in [0.2, 0.25) is 0 Å². The molecule has 0 aliphatic carbocycles. The van der Waals surface area contributed by atoms with Crippen molar-refractivity contribution in [3.63, 3.8) is 0 Å². The predicted octanol–water partition coefficient (Wildman–Crippen LogP) is 0.470. The van der Waals surface area contributed by atoms with Crippen molar-refractivity contribution >= 4 is 23.0 Å². The minimum atomic E-state index is -0.617. The van der Waals surface area contributed by atoms with Crippen LogP contribution in [-0.2, 0) is 0 Å². The Kier molecular flexibility index (Phi) is 2.39. The van der Waals surface area contributed by atoms with E-state index in [1.807, 2.05) is 0 Å². The van der Waals surface area contributed by atoms with E-state index in [9.17, 15) is 4.39 Å². The Morgan fingerprint density at radius 1 is 2.00 bits per heavy atom. The van der Waals surface area contributed by atoms with E-state index in [2.05, 4.69) is 0 Å². The standard InChI is InChI=1S/C2H4F.Sb/c1-2-3;/h2H,1H3;. The van der Waals surface area contributed by atoms with Gasteiger partial charge in [-0.3, -0.25) is 0 Å². The van der Waals surface area contributed by atoms with E-state index >= 15 is 0 Å². The molecular formula is C2H4FSb. The molecule has 2 heteroatoms. The summed E-state index contributed by atoms with van der Waals surface area (Å²) in [7, 11) is 0. The summed E-state index contributed by atoms with van der Waals surface area (Å²) in [6.07, 6.45) is 0. The Morgan fingerprint density at radius 3 is 2.00 bits per heavy atom. The van der Waals surface area contributed by atoms with Gasteiger partial charge in [-0.2, -0.15) is 0 Å². The fraction of sp³-hybridized carbons (Fsp3) is 1.00. The molecule has 0 rings (SSSR count). The van der Waals surface area contributed by atoms with Crippen molar-refractivity contribution in [2.75, 3.05) is 0 Å². The first kappa shape index (κ1) is 4.75. The molecule has 0 fully saturated rings. The van der Waals surface area contributed by atoms with Crippen LogP contribution in [-0.4, -0.2) is 27.1 Å². The summed E-state index contributed by atoms with van der Waals surface area (Å²) in [6.45, 7) is 1.52. The molecule has 0 nitrogen and oxygen atoms in total. The molecule has 1 atom stereocenters. The van der Waals surface area contributed by atoms with Crippen molar-refractivity contribution in [1.82, 2.24) is 0 Å². The molecule has 0 bridgehead atoms. The van der Waals surface area contributed by atoms with E-state index in [0.717, 1.165) is 0 Å². The molecule has 0 heterocycles. The average molecular weight is 169 g/mol. The van der Waals surface area contributed by atoms with Crippen LogP contribution in [0.2, 0.25) is 0 Å². The molecule has 0 aromatic heterocycles. The SMILES string of the molecule is C[CH](F)[Sb]. The second-order valence-electron chi connectivity index (χ2n) is 0.574. The molecule has 0 saturated carbocycles. The molecule has 0 saturated heterocycles. The van der Waals surface area contributed by atoms with E-state index in [1.54, 1.807) is 0 Å². The van der Waals surface area contributed by atoms with Crippen LogP contribution in [0, 0.1) is 0 Å². The normalized spacial score (nSPS) is 15.8. The molecule has 0 aliphatic rings. The molecule has 1 unspecified atom stereocenters. The van der Waals surface area contributed by atoms with Crippen molar-refractivity contribution in [2.45, 2.75) is 11.0 Å². The Labute approximate surface area is 38.9 Å². The summed E-state index contributed by atoms with van der Waals surface area (Å²) >= 11 is 1.21. The van der Waals surface area contributed by atoms with Gasteiger partial charge in [0, 0.05) is 0 Å². The molecule has 2 radical (unpaired) electrons. The van der Waals surface area contributed by atoms with Gasteiger partial charge >= 0.3 is 38.5 Å². The van der Waals surface area contributed by atoms with Crippen LogP contribution in [0.1, 0.15) is 6.92 Å². The van der Waals surface area contributed by atoms with Crippen LogP contribution in [0.5, 0.6) is 0 Å². The van der Waals surface area contributed by atoms with Gasteiger partial charge in [0.25, 0.3) is 0 Å². The summed E-state index contributed by atoms with van der Waals surface area (Å²) in [5.41, 5.74) is 0. The van der Waals surface area contributed by atoms with Gasteiger partial charge in [0.15, 0.2) is 0 Å². The van der Waals surface area contributed by atoms with Gasteiger partial charge in [0.05, 0.1) is 0 Å². The molecular weight excluding hydrogens is 165 g/mol. The number of halogens is 1. The van der Waals surface area contributed by atoms with Gasteiger partial charge in [-0.25, -0.2) is 0 Å². The maximum absolute atomic E-state index is 11.0. The third kappa shape index (κ3) is 15.0. The van der Waals surface area contributed by atoms with Crippen molar-refractivity contribution in [2.24, 2.45) is 0 Å². The molecule has 0 amide bonds. The van der Waals surface area contributed by atoms with E-state index in [-0.39, 0.29) is 0 Å². The number of rotatable bonds is 0. The molecule has 24 valence electrons. The second-order valence-corrected chi connectivity index (χ2v) is 2.60. The third-order valence-electron chi connectivity index (χ3n) is 0. The Balaban J connectivity index is 2.32. The topological polar surface area (TPSA) is 0 Å². The summed E-state index contributed by atoms with van der Waals surface area (Å²) in [5, 5.41) is 0. The van der Waals surface area contributed by atoms with E-state index in [4.69, 9.17) is 0 Å². The second kappa shape index (κ2) is 2.01. The van der Waals surface area contributed by atoms with Gasteiger partial charge in [0.1, 0.15) is 0 Å². The minimum absolute atomic E-state index is 0.617. The van der Waals surface area contributed by atoms with Crippen molar-refractivity contribution < 1.29 is 4.39 Å². The Bertz CT molecular complexity index is 10.8. The van der Waals surface area contributed by atoms with E-state index in [1.165, 1.54) is 29.9 Å². The zero-order valence-corrected chi connectivity index (χ0v) is 4.96. The number of hydrogen-bond donors (Lipinski definition) is 0. The first-order chi connectivity index (χ1) is 1.73. The summed E-state index contributed by atoms with van der Waals surface area (Å²) < 4.78 is 10.4. The summed E-state index contributed by atoms with van der Waals surface area (Å²) in [4.78, 5) is 0. The average Bonchev–Trinajstić information content (AvgIpc) is 0.811. The van der Waals surface area contributed by atoms with Crippen LogP contribution in [0.3, 0.4) is 0 Å². The zero-order valence-electron chi connectivity index (χ0n) is 2.40.